The van der Waals surface area contributed by atoms with E-state index in [0.717, 1.165) is 11.5 Å². The zero-order valence-electron chi connectivity index (χ0n) is 24.4. The molecular formula is C34H44O2Zr. The van der Waals surface area contributed by atoms with Gasteiger partial charge in [-0.15, -0.1) is 0 Å². The molecule has 0 saturated carbocycles. The first-order chi connectivity index (χ1) is 17.1. The van der Waals surface area contributed by atoms with Crippen molar-refractivity contribution < 1.29 is 26.8 Å². The molecule has 2 unspecified atom stereocenters. The normalized spacial score (nSPS) is 23.7. The predicted molar refractivity (Wildman–Crippen MR) is 154 cm³/mol. The van der Waals surface area contributed by atoms with Crippen molar-refractivity contribution in [1.29, 1.82) is 0 Å². The summed E-state index contributed by atoms with van der Waals surface area (Å²) in [4.78, 5) is 0. The van der Waals surface area contributed by atoms with Gasteiger partial charge in [0.15, 0.2) is 0 Å². The summed E-state index contributed by atoms with van der Waals surface area (Å²) in [5, 5.41) is 0. The van der Waals surface area contributed by atoms with E-state index >= 15 is 0 Å². The summed E-state index contributed by atoms with van der Waals surface area (Å²) in [6.07, 6.45) is 13.8. The molecule has 0 spiro atoms. The summed E-state index contributed by atoms with van der Waals surface area (Å²) in [5.74, 6) is 1.77. The van der Waals surface area contributed by atoms with E-state index in [-0.39, 0.29) is 17.1 Å². The average Bonchev–Trinajstić information content (AvgIpc) is 3.34. The van der Waals surface area contributed by atoms with Crippen LogP contribution in [0.4, 0.5) is 0 Å². The molecule has 0 bridgehead atoms. The number of hydrogen-bond donors (Lipinski definition) is 0. The summed E-state index contributed by atoms with van der Waals surface area (Å²) >= 11 is -4.28. The standard InChI is InChI=1S/2C10H14O.2C7H9.Zr/c2*1-10(2,3)8-4-6-9(11)7-5-8;2*1-6-3-4-7(2)5-6;/h2*4-7,11H,1-3H3;2*3-5H,1-2H3;/q;;;;+2/p-2. The van der Waals surface area contributed by atoms with Crippen LogP contribution in [-0.2, 0) is 32.0 Å². The van der Waals surface area contributed by atoms with Crippen LogP contribution >= 0.6 is 0 Å². The predicted octanol–water partition coefficient (Wildman–Crippen LogP) is 10.1. The SMILES string of the molecule is CC1=C[C](C)([Zr]([O]c2ccc(C(C)(C)C)cc2)([O]c2ccc(C(C)(C)C)cc2)[C]2(C)C=CC(C)=C2)C=C1. The molecule has 4 rings (SSSR count). The summed E-state index contributed by atoms with van der Waals surface area (Å²) in [7, 11) is 0. The molecule has 3 heteroatoms. The molecule has 0 fully saturated rings. The van der Waals surface area contributed by atoms with Gasteiger partial charge in [-0.2, -0.15) is 0 Å². The zero-order chi connectivity index (χ0) is 27.3. The van der Waals surface area contributed by atoms with Crippen molar-refractivity contribution in [1.82, 2.24) is 0 Å². The second kappa shape index (κ2) is 9.57. The summed E-state index contributed by atoms with van der Waals surface area (Å²) < 4.78 is 14.0. The zero-order valence-corrected chi connectivity index (χ0v) is 26.9. The molecule has 0 N–H and O–H groups in total. The first kappa shape index (κ1) is 27.9. The van der Waals surface area contributed by atoms with Gasteiger partial charge in [0.2, 0.25) is 0 Å². The van der Waals surface area contributed by atoms with Crippen molar-refractivity contribution in [3.63, 3.8) is 0 Å². The van der Waals surface area contributed by atoms with Crippen LogP contribution < -0.4 is 5.63 Å². The van der Waals surface area contributed by atoms with Crippen molar-refractivity contribution in [3.8, 4) is 11.5 Å². The Morgan fingerprint density at radius 2 is 0.892 bits per heavy atom. The number of hydrogen-bond acceptors (Lipinski definition) is 2. The van der Waals surface area contributed by atoms with Gasteiger partial charge in [-0.05, 0) is 0 Å². The van der Waals surface area contributed by atoms with Crippen LogP contribution in [0.2, 0.25) is 6.25 Å². The van der Waals surface area contributed by atoms with E-state index in [2.05, 4.69) is 154 Å². The third-order valence-electron chi connectivity index (χ3n) is 7.82. The van der Waals surface area contributed by atoms with Gasteiger partial charge in [-0.25, -0.2) is 0 Å². The summed E-state index contributed by atoms with van der Waals surface area (Å²) in [6.45, 7) is 22.4. The molecule has 2 aliphatic carbocycles. The van der Waals surface area contributed by atoms with Gasteiger partial charge < -0.3 is 0 Å². The fourth-order valence-corrected chi connectivity index (χ4v) is 16.5. The fourth-order valence-electron chi connectivity index (χ4n) is 5.58. The fraction of sp³-hybridized carbons (Fsp3) is 0.412. The molecule has 196 valence electrons. The third-order valence-corrected chi connectivity index (χ3v) is 18.9. The molecule has 2 aromatic carbocycles. The van der Waals surface area contributed by atoms with E-state index < -0.39 is 21.1 Å². The molecule has 0 aliphatic heterocycles. The molecule has 0 radical (unpaired) electrons. The number of rotatable bonds is 6. The topological polar surface area (TPSA) is 18.5 Å². The van der Waals surface area contributed by atoms with E-state index in [4.69, 9.17) is 5.63 Å². The van der Waals surface area contributed by atoms with Crippen LogP contribution in [0.3, 0.4) is 0 Å². The van der Waals surface area contributed by atoms with Crippen LogP contribution in [0.15, 0.2) is 96.1 Å². The van der Waals surface area contributed by atoms with Crippen molar-refractivity contribution >= 4 is 0 Å². The second-order valence-electron chi connectivity index (χ2n) is 13.4. The Bertz CT molecular complexity index is 1160. The second-order valence-corrected chi connectivity index (χ2v) is 22.7. The van der Waals surface area contributed by atoms with Gasteiger partial charge >= 0.3 is 232 Å². The first-order valence-electron chi connectivity index (χ1n) is 13.4. The van der Waals surface area contributed by atoms with Gasteiger partial charge in [0, 0.05) is 0 Å². The Morgan fingerprint density at radius 1 is 0.568 bits per heavy atom. The van der Waals surface area contributed by atoms with Gasteiger partial charge in [0.25, 0.3) is 0 Å². The molecule has 0 heterocycles. The van der Waals surface area contributed by atoms with Crippen molar-refractivity contribution in [2.45, 2.75) is 86.3 Å². The Kier molecular flexibility index (Phi) is 7.22. The van der Waals surface area contributed by atoms with E-state index in [9.17, 15) is 0 Å². The summed E-state index contributed by atoms with van der Waals surface area (Å²) in [6, 6.07) is 17.3. The molecule has 0 saturated heterocycles. The van der Waals surface area contributed by atoms with Crippen molar-refractivity contribution in [2.75, 3.05) is 0 Å². The Morgan fingerprint density at radius 3 is 1.14 bits per heavy atom. The van der Waals surface area contributed by atoms with Crippen LogP contribution in [0.25, 0.3) is 0 Å². The van der Waals surface area contributed by atoms with Gasteiger partial charge in [-0.1, -0.05) is 0 Å². The van der Waals surface area contributed by atoms with Gasteiger partial charge in [0.1, 0.15) is 0 Å². The van der Waals surface area contributed by atoms with E-state index in [1.54, 1.807) is 0 Å². The average molecular weight is 576 g/mol. The molecule has 2 aliphatic rings. The van der Waals surface area contributed by atoms with Gasteiger partial charge in [0.05, 0.1) is 0 Å². The van der Waals surface area contributed by atoms with Crippen LogP contribution in [-0.4, -0.2) is 0 Å². The van der Waals surface area contributed by atoms with E-state index in [1.807, 2.05) is 0 Å². The van der Waals surface area contributed by atoms with E-state index in [1.165, 1.54) is 22.3 Å². The summed E-state index contributed by atoms with van der Waals surface area (Å²) in [5.41, 5.74) is 5.28. The van der Waals surface area contributed by atoms with Gasteiger partial charge in [-0.3, -0.25) is 0 Å². The van der Waals surface area contributed by atoms with Crippen molar-refractivity contribution in [3.05, 3.63) is 107 Å². The number of benzene rings is 2. The number of allylic oxidation sites excluding steroid dienone is 8. The quantitative estimate of drug-likeness (QED) is 0.341. The minimum absolute atomic E-state index is 0.0875. The third kappa shape index (κ3) is 5.40. The molecule has 0 amide bonds. The van der Waals surface area contributed by atoms with Crippen LogP contribution in [0, 0.1) is 0 Å². The Labute approximate surface area is 230 Å². The maximum atomic E-state index is 7.34. The molecule has 2 aromatic rings. The van der Waals surface area contributed by atoms with E-state index in [0.29, 0.717) is 0 Å². The first-order valence-corrected chi connectivity index (χ1v) is 17.9. The van der Waals surface area contributed by atoms with Crippen LogP contribution in [0.5, 0.6) is 11.5 Å². The van der Waals surface area contributed by atoms with Crippen molar-refractivity contribution in [2.24, 2.45) is 0 Å². The van der Waals surface area contributed by atoms with Crippen LogP contribution in [0.1, 0.15) is 80.4 Å². The molecule has 2 nitrogen and oxygen atoms in total. The molecule has 2 atom stereocenters. The molecule has 37 heavy (non-hydrogen) atoms. The Balaban J connectivity index is 1.88. The minimum atomic E-state index is -4.28. The monoisotopic (exact) mass is 574 g/mol. The molecular weight excluding hydrogens is 532 g/mol. The maximum absolute atomic E-state index is 7.34. The molecule has 0 aromatic heterocycles. The Hall–Kier alpha value is -2.12.